The van der Waals surface area contributed by atoms with E-state index in [1.807, 2.05) is 72.8 Å². The molecule has 2 unspecified atom stereocenters. The molecule has 2 atom stereocenters. The van der Waals surface area contributed by atoms with Crippen molar-refractivity contribution >= 4 is 23.6 Å². The molecule has 2 aliphatic rings. The number of primary amides is 1. The maximum absolute atomic E-state index is 13.8. The molecule has 4 amide bonds. The number of carbonyl (C=O) groups excluding carboxylic acids is 4. The lowest BCUT2D eigenvalue weighted by Crippen LogP contribution is -2.53. The molecule has 11 nitrogen and oxygen atoms in total. The first-order valence-corrected chi connectivity index (χ1v) is 14.3. The largest absolute Gasteiger partial charge is 0.489 e. The summed E-state index contributed by atoms with van der Waals surface area (Å²) < 4.78 is 5.84. The van der Waals surface area contributed by atoms with Crippen molar-refractivity contribution < 1.29 is 34.3 Å². The monoisotopic (exact) mass is 598 g/mol. The number of rotatable bonds is 12. The number of carbonyl (C=O) groups is 4. The SMILES string of the molecule is NC(=O)CC(C(=O)N(O)O)(C1=CCN(Cc2ccc(OCc3ccccc3)cc2)C1=O)C1CCN(Cc2ccccc2)C1=O. The van der Waals surface area contributed by atoms with Gasteiger partial charge < -0.3 is 20.3 Å². The molecular formula is C33H34N4O7. The van der Waals surface area contributed by atoms with E-state index < -0.39 is 46.6 Å². The summed E-state index contributed by atoms with van der Waals surface area (Å²) in [7, 11) is 0. The number of nitrogens with zero attached hydrogens (tertiary/aromatic N) is 3. The maximum atomic E-state index is 13.8. The summed E-state index contributed by atoms with van der Waals surface area (Å²) in [6, 6.07) is 26.2. The lowest BCUT2D eigenvalue weighted by atomic mass is 9.65. The molecule has 3 aromatic rings. The number of hydroxylamine groups is 2. The molecule has 1 saturated heterocycles. The van der Waals surface area contributed by atoms with Gasteiger partial charge in [-0.15, -0.1) is 0 Å². The van der Waals surface area contributed by atoms with Gasteiger partial charge in [0.15, 0.2) is 0 Å². The van der Waals surface area contributed by atoms with Crippen LogP contribution in [0.1, 0.15) is 29.5 Å². The van der Waals surface area contributed by atoms with Gasteiger partial charge in [0.25, 0.3) is 11.8 Å². The molecule has 44 heavy (non-hydrogen) atoms. The van der Waals surface area contributed by atoms with Crippen molar-refractivity contribution in [1.82, 2.24) is 15.0 Å². The third-order valence-corrected chi connectivity index (χ3v) is 8.18. The summed E-state index contributed by atoms with van der Waals surface area (Å²) in [4.78, 5) is 56.5. The Balaban J connectivity index is 1.35. The summed E-state index contributed by atoms with van der Waals surface area (Å²) >= 11 is 0. The van der Waals surface area contributed by atoms with Crippen LogP contribution in [0.4, 0.5) is 0 Å². The predicted molar refractivity (Wildman–Crippen MR) is 157 cm³/mol. The van der Waals surface area contributed by atoms with E-state index in [-0.39, 0.29) is 38.2 Å². The highest BCUT2D eigenvalue weighted by atomic mass is 16.8. The molecule has 1 fully saturated rings. The van der Waals surface area contributed by atoms with Crippen LogP contribution in [0.3, 0.4) is 0 Å². The third kappa shape index (κ3) is 6.34. The van der Waals surface area contributed by atoms with Crippen molar-refractivity contribution in [2.24, 2.45) is 17.1 Å². The number of ether oxygens (including phenoxy) is 1. The van der Waals surface area contributed by atoms with Gasteiger partial charge in [0, 0.05) is 38.2 Å². The van der Waals surface area contributed by atoms with Crippen molar-refractivity contribution in [3.63, 3.8) is 0 Å². The Hall–Kier alpha value is -5.00. The second-order valence-corrected chi connectivity index (χ2v) is 11.0. The number of hydrogen-bond acceptors (Lipinski definition) is 7. The normalized spacial score (nSPS) is 17.8. The maximum Gasteiger partial charge on any atom is 0.285 e. The van der Waals surface area contributed by atoms with Crippen LogP contribution in [0, 0.1) is 11.3 Å². The van der Waals surface area contributed by atoms with Crippen molar-refractivity contribution in [2.75, 3.05) is 13.1 Å². The standard InChI is InChI=1S/C33H34N4O7/c34-29(38)19-33(32(41)37(42)43,27-15-17-35(30(27)39)20-23-7-3-1-4-8-23)28-16-18-36(31(28)40)21-24-11-13-26(14-12-24)44-22-25-9-5-2-6-10-25/h1-14,16,27,42-43H,15,17-22H2,(H2,34,38). The fraction of sp³-hybridized carbons (Fsp3) is 0.273. The summed E-state index contributed by atoms with van der Waals surface area (Å²) in [6.45, 7) is 1.15. The van der Waals surface area contributed by atoms with Crippen molar-refractivity contribution in [2.45, 2.75) is 32.5 Å². The molecule has 4 N–H and O–H groups in total. The van der Waals surface area contributed by atoms with E-state index in [4.69, 9.17) is 10.5 Å². The van der Waals surface area contributed by atoms with Gasteiger partial charge in [-0.2, -0.15) is 0 Å². The van der Waals surface area contributed by atoms with E-state index in [0.717, 1.165) is 16.7 Å². The molecule has 0 bridgehead atoms. The van der Waals surface area contributed by atoms with E-state index in [1.54, 1.807) is 12.1 Å². The van der Waals surface area contributed by atoms with E-state index >= 15 is 0 Å². The smallest absolute Gasteiger partial charge is 0.285 e. The number of benzene rings is 3. The van der Waals surface area contributed by atoms with Crippen LogP contribution in [0.15, 0.2) is 96.6 Å². The van der Waals surface area contributed by atoms with Gasteiger partial charge in [0.2, 0.25) is 11.8 Å². The van der Waals surface area contributed by atoms with Crippen LogP contribution in [0.25, 0.3) is 0 Å². The number of hydrogen-bond donors (Lipinski definition) is 3. The molecule has 0 aliphatic carbocycles. The number of amides is 4. The van der Waals surface area contributed by atoms with Gasteiger partial charge in [-0.3, -0.25) is 29.6 Å². The lowest BCUT2D eigenvalue weighted by Gasteiger charge is -2.37. The zero-order chi connectivity index (χ0) is 31.3. The molecule has 0 spiro atoms. The third-order valence-electron chi connectivity index (χ3n) is 8.18. The molecule has 2 heterocycles. The predicted octanol–water partition coefficient (Wildman–Crippen LogP) is 3.05. The average Bonchev–Trinajstić information content (AvgIpc) is 3.57. The van der Waals surface area contributed by atoms with Crippen LogP contribution < -0.4 is 10.5 Å². The van der Waals surface area contributed by atoms with E-state index in [9.17, 15) is 29.6 Å². The zero-order valence-electron chi connectivity index (χ0n) is 24.0. The average molecular weight is 599 g/mol. The van der Waals surface area contributed by atoms with E-state index in [2.05, 4.69) is 0 Å². The Labute approximate surface area is 254 Å². The second kappa shape index (κ2) is 13.1. The minimum Gasteiger partial charge on any atom is -0.489 e. The van der Waals surface area contributed by atoms with Crippen LogP contribution >= 0.6 is 0 Å². The first-order chi connectivity index (χ1) is 21.2. The zero-order valence-corrected chi connectivity index (χ0v) is 24.0. The summed E-state index contributed by atoms with van der Waals surface area (Å²) in [5.74, 6) is -3.97. The molecule has 0 radical (unpaired) electrons. The van der Waals surface area contributed by atoms with E-state index in [1.165, 1.54) is 15.9 Å². The summed E-state index contributed by atoms with van der Waals surface area (Å²) in [5.41, 5.74) is 5.89. The summed E-state index contributed by atoms with van der Waals surface area (Å²) in [5, 5.41) is 19.2. The summed E-state index contributed by atoms with van der Waals surface area (Å²) in [6.07, 6.45) is 0.822. The number of nitrogens with two attached hydrogens (primary N) is 1. The van der Waals surface area contributed by atoms with Crippen molar-refractivity contribution in [1.29, 1.82) is 0 Å². The molecule has 2 aliphatic heterocycles. The molecule has 0 aromatic heterocycles. The lowest BCUT2D eigenvalue weighted by molar-refractivity contribution is -0.292. The Morgan fingerprint density at radius 2 is 1.45 bits per heavy atom. The van der Waals surface area contributed by atoms with Gasteiger partial charge in [-0.1, -0.05) is 84.1 Å². The molecule has 11 heteroatoms. The van der Waals surface area contributed by atoms with E-state index in [0.29, 0.717) is 12.4 Å². The van der Waals surface area contributed by atoms with Crippen LogP contribution in [0.5, 0.6) is 5.75 Å². The number of likely N-dealkylation sites (tertiary alicyclic amines) is 1. The first kappa shape index (κ1) is 30.5. The van der Waals surface area contributed by atoms with Crippen molar-refractivity contribution in [3.05, 3.63) is 113 Å². The second-order valence-electron chi connectivity index (χ2n) is 11.0. The van der Waals surface area contributed by atoms with Gasteiger partial charge >= 0.3 is 0 Å². The van der Waals surface area contributed by atoms with Gasteiger partial charge in [0.05, 0.1) is 5.92 Å². The highest BCUT2D eigenvalue weighted by molar-refractivity contribution is 6.08. The van der Waals surface area contributed by atoms with Crippen LogP contribution in [-0.4, -0.2) is 62.2 Å². The fourth-order valence-electron chi connectivity index (χ4n) is 6.06. The van der Waals surface area contributed by atoms with Gasteiger partial charge in [-0.05, 0) is 35.2 Å². The minimum atomic E-state index is -2.20. The minimum absolute atomic E-state index is 0.0831. The first-order valence-electron chi connectivity index (χ1n) is 14.3. The quantitative estimate of drug-likeness (QED) is 0.214. The molecular weight excluding hydrogens is 564 g/mol. The molecule has 5 rings (SSSR count). The fourth-order valence-corrected chi connectivity index (χ4v) is 6.06. The molecule has 228 valence electrons. The highest BCUT2D eigenvalue weighted by Crippen LogP contribution is 2.48. The highest BCUT2D eigenvalue weighted by Gasteiger charge is 2.60. The van der Waals surface area contributed by atoms with Crippen LogP contribution in [-0.2, 0) is 38.9 Å². The van der Waals surface area contributed by atoms with Crippen molar-refractivity contribution in [3.8, 4) is 5.75 Å². The van der Waals surface area contributed by atoms with Gasteiger partial charge in [0.1, 0.15) is 17.8 Å². The Morgan fingerprint density at radius 1 is 0.864 bits per heavy atom. The van der Waals surface area contributed by atoms with Crippen LogP contribution in [0.2, 0.25) is 0 Å². The molecule has 3 aromatic carbocycles. The van der Waals surface area contributed by atoms with Gasteiger partial charge in [-0.25, -0.2) is 0 Å². The Morgan fingerprint density at radius 3 is 2.07 bits per heavy atom. The Kier molecular flexibility index (Phi) is 9.07. The topological polar surface area (TPSA) is 154 Å². The molecule has 0 saturated carbocycles. The Bertz CT molecular complexity index is 1540.